The van der Waals surface area contributed by atoms with E-state index in [4.69, 9.17) is 16.3 Å². The van der Waals surface area contributed by atoms with E-state index in [-0.39, 0.29) is 51.4 Å². The summed E-state index contributed by atoms with van der Waals surface area (Å²) in [7, 11) is 1.62. The Balaban J connectivity index is 0.00000148. The summed E-state index contributed by atoms with van der Waals surface area (Å²) in [5.41, 5.74) is 6.71. The van der Waals surface area contributed by atoms with Gasteiger partial charge in [0.15, 0.2) is 0 Å². The first-order valence-corrected chi connectivity index (χ1v) is 10.2. The number of nitrogens with zero attached hydrogens (tertiary/aromatic N) is 3. The van der Waals surface area contributed by atoms with Crippen LogP contribution in [0.3, 0.4) is 0 Å². The third-order valence-corrected chi connectivity index (χ3v) is 3.79. The van der Waals surface area contributed by atoms with E-state index in [0.29, 0.717) is 24.9 Å². The average Bonchev–Trinajstić information content (AvgIpc) is 3.42. The largest absolute Gasteiger partial charge is 1.00 e. The van der Waals surface area contributed by atoms with Gasteiger partial charge in [-0.15, -0.1) is 0 Å². The van der Waals surface area contributed by atoms with E-state index < -0.39 is 0 Å². The fraction of sp³-hybridized carbons (Fsp3) is 0.556. The average molecular weight is 449 g/mol. The van der Waals surface area contributed by atoms with Gasteiger partial charge >= 0.3 is 51.4 Å². The van der Waals surface area contributed by atoms with E-state index in [1.807, 2.05) is 26.1 Å². The monoisotopic (exact) mass is 448 g/mol. The van der Waals surface area contributed by atoms with Gasteiger partial charge in [0.25, 0.3) is 0 Å². The Kier molecular flexibility index (Phi) is 15.9. The van der Waals surface area contributed by atoms with Crippen LogP contribution in [0.5, 0.6) is 0 Å². The Hall–Kier alpha value is -0.534. The van der Waals surface area contributed by atoms with Gasteiger partial charge in [-0.1, -0.05) is 13.8 Å². The maximum atomic E-state index is 5.96. The van der Waals surface area contributed by atoms with Crippen molar-refractivity contribution in [3.8, 4) is 0 Å². The number of hydrazine groups is 1. The minimum atomic E-state index is 0. The number of aromatic nitrogens is 3. The molecule has 2 aromatic heterocycles. The molecule has 7 N–H and O–H groups in total. The van der Waals surface area contributed by atoms with Crippen molar-refractivity contribution in [2.45, 2.75) is 26.7 Å². The number of methoxy groups -OCH3 is 1. The molecule has 0 bridgehead atoms. The second-order valence-electron chi connectivity index (χ2n) is 5.90. The van der Waals surface area contributed by atoms with Crippen LogP contribution in [0.1, 0.15) is 26.7 Å². The molecule has 9 nitrogen and oxygen atoms in total. The van der Waals surface area contributed by atoms with Gasteiger partial charge in [0.2, 0.25) is 5.95 Å². The van der Waals surface area contributed by atoms with Crippen LogP contribution in [0.15, 0.2) is 24.3 Å². The fourth-order valence-corrected chi connectivity index (χ4v) is 2.30. The summed E-state index contributed by atoms with van der Waals surface area (Å²) in [4.78, 5) is 12.1. The first-order valence-electron chi connectivity index (χ1n) is 9.40. The van der Waals surface area contributed by atoms with Gasteiger partial charge in [-0.2, -0.15) is 16.2 Å². The molecule has 11 heteroatoms. The van der Waals surface area contributed by atoms with Crippen molar-refractivity contribution in [2.24, 2.45) is 17.5 Å². The van der Waals surface area contributed by atoms with Gasteiger partial charge in [0.1, 0.15) is 17.3 Å². The fourth-order valence-electron chi connectivity index (χ4n) is 2.30. The van der Waals surface area contributed by atoms with E-state index in [1.165, 1.54) is 17.9 Å². The van der Waals surface area contributed by atoms with Gasteiger partial charge in [0.05, 0.1) is 24.7 Å². The van der Waals surface area contributed by atoms with E-state index in [1.54, 1.807) is 19.6 Å². The molecule has 0 unspecified atom stereocenters. The van der Waals surface area contributed by atoms with Gasteiger partial charge in [-0.25, -0.2) is 5.84 Å². The van der Waals surface area contributed by atoms with Crippen molar-refractivity contribution >= 4 is 35.4 Å². The first-order chi connectivity index (χ1) is 13.7. The molecule has 0 aromatic carbocycles. The SMILES string of the molecule is CC.COCCN(N)/C=C(\N)Nc1nc(NCC2CC2)c2cc[nH]c2n1.C[S-].[K+]. The maximum Gasteiger partial charge on any atom is 1.00 e. The quantitative estimate of drug-likeness (QED) is 0.141. The minimum Gasteiger partial charge on any atom is -0.796 e. The van der Waals surface area contributed by atoms with Crippen molar-refractivity contribution in [2.75, 3.05) is 43.7 Å². The number of hydrogen-bond donors (Lipinski definition) is 5. The van der Waals surface area contributed by atoms with Gasteiger partial charge in [-0.3, -0.25) is 0 Å². The number of fused-ring (bicyclic) bond motifs is 1. The number of hydrogen-bond acceptors (Lipinski definition) is 9. The second-order valence-corrected chi connectivity index (χ2v) is 5.90. The second kappa shape index (κ2) is 16.2. The predicted molar refractivity (Wildman–Crippen MR) is 118 cm³/mol. The van der Waals surface area contributed by atoms with Crippen LogP contribution >= 0.6 is 0 Å². The zero-order valence-corrected chi connectivity index (χ0v) is 22.1. The van der Waals surface area contributed by atoms with Crippen LogP contribution in [-0.2, 0) is 17.4 Å². The van der Waals surface area contributed by atoms with Crippen molar-refractivity contribution in [1.29, 1.82) is 0 Å². The standard InChI is InChI=1S/C15H24N8O.C2H6.CH4S.K/c1-24-7-6-23(17)9-12(16)20-15-21-13-11(4-5-18-13)14(22-15)19-8-10-2-3-10;2*1-2;/h4-5,9-10H,2-3,6-8,16-17H2,1H3,(H3,18,19,20,21,22);1-2H3;2H,1H3;/q;;;+1/p-1/b12-9+;;;. The summed E-state index contributed by atoms with van der Waals surface area (Å²) in [6.45, 7) is 5.97. The number of nitrogens with one attached hydrogen (secondary N) is 3. The summed E-state index contributed by atoms with van der Waals surface area (Å²) >= 11 is 4.08. The molecule has 0 saturated heterocycles. The van der Waals surface area contributed by atoms with Gasteiger partial charge < -0.3 is 43.7 Å². The summed E-state index contributed by atoms with van der Waals surface area (Å²) in [6.07, 6.45) is 7.57. The molecule has 29 heavy (non-hydrogen) atoms. The molecule has 0 radical (unpaired) electrons. The molecule has 0 amide bonds. The van der Waals surface area contributed by atoms with Gasteiger partial charge in [0, 0.05) is 19.9 Å². The normalized spacial score (nSPS) is 12.7. The Bertz CT molecular complexity index is 723. The number of anilines is 2. The van der Waals surface area contributed by atoms with Crippen molar-refractivity contribution in [3.05, 3.63) is 24.3 Å². The molecule has 2 heterocycles. The van der Waals surface area contributed by atoms with Crippen LogP contribution in [0, 0.1) is 5.92 Å². The van der Waals surface area contributed by atoms with Crippen LogP contribution in [0.2, 0.25) is 0 Å². The molecule has 1 aliphatic rings. The van der Waals surface area contributed by atoms with Crippen molar-refractivity contribution in [3.63, 3.8) is 0 Å². The number of H-pyrrole nitrogens is 1. The van der Waals surface area contributed by atoms with Crippen molar-refractivity contribution in [1.82, 2.24) is 20.0 Å². The van der Waals surface area contributed by atoms with E-state index in [0.717, 1.165) is 29.3 Å². The number of nitrogens with two attached hydrogens (primary N) is 2. The molecular weight excluding hydrogens is 415 g/mol. The zero-order chi connectivity index (χ0) is 20.9. The molecular formula is C18H33KN8OS. The number of rotatable bonds is 9. The molecule has 3 rings (SSSR count). The third kappa shape index (κ3) is 10.4. The summed E-state index contributed by atoms with van der Waals surface area (Å²) in [5.74, 6) is 8.12. The molecule has 0 atom stereocenters. The van der Waals surface area contributed by atoms with E-state index >= 15 is 0 Å². The third-order valence-electron chi connectivity index (χ3n) is 3.79. The smallest absolute Gasteiger partial charge is 0.796 e. The number of ether oxygens (including phenoxy) is 1. The Labute approximate surface area is 221 Å². The molecule has 1 fully saturated rings. The van der Waals surface area contributed by atoms with Crippen LogP contribution in [0.4, 0.5) is 11.8 Å². The summed E-state index contributed by atoms with van der Waals surface area (Å²) in [5, 5.41) is 8.78. The van der Waals surface area contributed by atoms with Crippen LogP contribution in [0.25, 0.3) is 11.0 Å². The van der Waals surface area contributed by atoms with Crippen molar-refractivity contribution < 1.29 is 56.1 Å². The summed E-state index contributed by atoms with van der Waals surface area (Å²) in [6, 6.07) is 1.96. The molecule has 2 aromatic rings. The van der Waals surface area contributed by atoms with Crippen LogP contribution in [-0.4, -0.2) is 53.0 Å². The molecule has 0 aliphatic heterocycles. The Morgan fingerprint density at radius 2 is 2.07 bits per heavy atom. The molecule has 158 valence electrons. The number of aromatic amines is 1. The van der Waals surface area contributed by atoms with E-state index in [9.17, 15) is 0 Å². The Morgan fingerprint density at radius 1 is 1.38 bits per heavy atom. The molecule has 1 aliphatic carbocycles. The minimum absolute atomic E-state index is 0. The molecule has 1 saturated carbocycles. The first kappa shape index (κ1) is 28.5. The maximum absolute atomic E-state index is 5.96. The topological polar surface area (TPSA) is 130 Å². The molecule has 0 spiro atoms. The summed E-state index contributed by atoms with van der Waals surface area (Å²) < 4.78 is 4.97. The van der Waals surface area contributed by atoms with Gasteiger partial charge in [-0.05, 0) is 24.8 Å². The van der Waals surface area contributed by atoms with E-state index in [2.05, 4.69) is 38.2 Å². The predicted octanol–water partition coefficient (Wildman–Crippen LogP) is -1.04. The van der Waals surface area contributed by atoms with Crippen LogP contribution < -0.4 is 73.6 Å². The Morgan fingerprint density at radius 3 is 2.69 bits per heavy atom. The zero-order valence-electron chi connectivity index (χ0n) is 18.2.